The summed E-state index contributed by atoms with van der Waals surface area (Å²) in [6.45, 7) is 8.95. The summed E-state index contributed by atoms with van der Waals surface area (Å²) in [7, 11) is -3.47. The molecule has 2 N–H and O–H groups in total. The van der Waals surface area contributed by atoms with E-state index in [1.807, 2.05) is 13.0 Å². The summed E-state index contributed by atoms with van der Waals surface area (Å²) >= 11 is 0. The number of hydrogen-bond acceptors (Lipinski definition) is 4. The molecule has 6 heteroatoms. The van der Waals surface area contributed by atoms with E-state index < -0.39 is 10.0 Å². The van der Waals surface area contributed by atoms with Crippen LogP contribution in [0.5, 0.6) is 0 Å². The maximum absolute atomic E-state index is 12.9. The molecule has 0 aliphatic carbocycles. The zero-order valence-electron chi connectivity index (χ0n) is 13.0. The van der Waals surface area contributed by atoms with Crippen LogP contribution in [0.2, 0.25) is 0 Å². The van der Waals surface area contributed by atoms with Crippen LogP contribution in [0.3, 0.4) is 0 Å². The lowest BCUT2D eigenvalue weighted by atomic mass is 10.1. The SMILES string of the molecule is CCc1ccc(N)cc1S(=O)(=O)N1CCN(CC)C(C)C1. The van der Waals surface area contributed by atoms with Crippen LogP contribution in [0, 0.1) is 0 Å². The molecule has 1 aromatic carbocycles. The van der Waals surface area contributed by atoms with Crippen molar-refractivity contribution in [3.05, 3.63) is 23.8 Å². The first-order chi connectivity index (χ1) is 9.90. The quantitative estimate of drug-likeness (QED) is 0.857. The molecule has 1 fully saturated rings. The summed E-state index contributed by atoms with van der Waals surface area (Å²) in [5, 5.41) is 0. The Hall–Kier alpha value is -1.11. The minimum atomic E-state index is -3.47. The molecule has 1 saturated heterocycles. The molecular formula is C15H25N3O2S. The van der Waals surface area contributed by atoms with Gasteiger partial charge >= 0.3 is 0 Å². The second kappa shape index (κ2) is 6.34. The molecule has 0 saturated carbocycles. The van der Waals surface area contributed by atoms with E-state index in [0.717, 1.165) is 18.7 Å². The Labute approximate surface area is 127 Å². The second-order valence-corrected chi connectivity index (χ2v) is 7.47. The predicted molar refractivity (Wildman–Crippen MR) is 85.7 cm³/mol. The van der Waals surface area contributed by atoms with E-state index in [2.05, 4.69) is 18.7 Å². The minimum Gasteiger partial charge on any atom is -0.399 e. The molecule has 1 aliphatic heterocycles. The number of nitrogen functional groups attached to an aromatic ring is 1. The van der Waals surface area contributed by atoms with Crippen LogP contribution in [0.25, 0.3) is 0 Å². The number of aryl methyl sites for hydroxylation is 1. The van der Waals surface area contributed by atoms with Crippen molar-refractivity contribution in [2.75, 3.05) is 31.9 Å². The molecule has 1 heterocycles. The van der Waals surface area contributed by atoms with Crippen molar-refractivity contribution in [3.63, 3.8) is 0 Å². The number of likely N-dealkylation sites (N-methyl/N-ethyl adjacent to an activating group) is 1. The van der Waals surface area contributed by atoms with Gasteiger partial charge in [-0.1, -0.05) is 19.9 Å². The molecule has 0 bridgehead atoms. The average molecular weight is 311 g/mol. The summed E-state index contributed by atoms with van der Waals surface area (Å²) in [6, 6.07) is 5.40. The molecule has 21 heavy (non-hydrogen) atoms. The third-order valence-electron chi connectivity index (χ3n) is 4.22. The summed E-state index contributed by atoms with van der Waals surface area (Å²) in [5.74, 6) is 0. The molecule has 0 aromatic heterocycles. The summed E-state index contributed by atoms with van der Waals surface area (Å²) in [5.41, 5.74) is 7.11. The molecular weight excluding hydrogens is 286 g/mol. The summed E-state index contributed by atoms with van der Waals surface area (Å²) in [6.07, 6.45) is 0.680. The van der Waals surface area contributed by atoms with E-state index in [1.165, 1.54) is 0 Å². The van der Waals surface area contributed by atoms with E-state index in [1.54, 1.807) is 16.4 Å². The van der Waals surface area contributed by atoms with Crippen LogP contribution in [-0.4, -0.2) is 49.8 Å². The maximum Gasteiger partial charge on any atom is 0.243 e. The van der Waals surface area contributed by atoms with Crippen molar-refractivity contribution >= 4 is 15.7 Å². The standard InChI is InChI=1S/C15H25N3O2S/c1-4-13-6-7-14(16)10-15(13)21(19,20)18-9-8-17(5-2)12(3)11-18/h6-7,10,12H,4-5,8-9,11,16H2,1-3H3. The van der Waals surface area contributed by atoms with Gasteiger partial charge in [0.2, 0.25) is 10.0 Å². The van der Waals surface area contributed by atoms with Gasteiger partial charge in [-0.15, -0.1) is 0 Å². The van der Waals surface area contributed by atoms with E-state index in [4.69, 9.17) is 5.73 Å². The predicted octanol–water partition coefficient (Wildman–Crippen LogP) is 1.55. The van der Waals surface area contributed by atoms with Crippen molar-refractivity contribution in [1.82, 2.24) is 9.21 Å². The smallest absolute Gasteiger partial charge is 0.243 e. The lowest BCUT2D eigenvalue weighted by Gasteiger charge is -2.38. The Bertz CT molecular complexity index is 601. The zero-order valence-corrected chi connectivity index (χ0v) is 13.9. The molecule has 2 rings (SSSR count). The highest BCUT2D eigenvalue weighted by atomic mass is 32.2. The molecule has 1 aliphatic rings. The fourth-order valence-electron chi connectivity index (χ4n) is 2.89. The van der Waals surface area contributed by atoms with Gasteiger partial charge in [0.15, 0.2) is 0 Å². The molecule has 0 radical (unpaired) electrons. The van der Waals surface area contributed by atoms with Crippen LogP contribution in [0.1, 0.15) is 26.3 Å². The van der Waals surface area contributed by atoms with Crippen LogP contribution in [-0.2, 0) is 16.4 Å². The molecule has 0 amide bonds. The highest BCUT2D eigenvalue weighted by Crippen LogP contribution is 2.25. The van der Waals surface area contributed by atoms with Crippen LogP contribution in [0.4, 0.5) is 5.69 Å². The Morgan fingerprint density at radius 3 is 2.57 bits per heavy atom. The number of benzene rings is 1. The Kier molecular flexibility index (Phi) is 4.91. The molecule has 1 unspecified atom stereocenters. The van der Waals surface area contributed by atoms with Gasteiger partial charge in [-0.05, 0) is 37.6 Å². The van der Waals surface area contributed by atoms with E-state index in [0.29, 0.717) is 30.1 Å². The van der Waals surface area contributed by atoms with Crippen LogP contribution >= 0.6 is 0 Å². The zero-order chi connectivity index (χ0) is 15.6. The maximum atomic E-state index is 12.9. The molecule has 118 valence electrons. The van der Waals surface area contributed by atoms with Gasteiger partial charge in [-0.25, -0.2) is 8.42 Å². The van der Waals surface area contributed by atoms with Crippen LogP contribution < -0.4 is 5.73 Å². The lowest BCUT2D eigenvalue weighted by molar-refractivity contribution is 0.135. The van der Waals surface area contributed by atoms with Gasteiger partial charge in [-0.2, -0.15) is 4.31 Å². The molecule has 0 spiro atoms. The number of anilines is 1. The van der Waals surface area contributed by atoms with Gasteiger partial charge in [-0.3, -0.25) is 4.90 Å². The van der Waals surface area contributed by atoms with Gasteiger partial charge in [0.05, 0.1) is 4.90 Å². The number of piperazine rings is 1. The molecule has 5 nitrogen and oxygen atoms in total. The number of sulfonamides is 1. The molecule has 1 atom stereocenters. The number of rotatable bonds is 4. The Balaban J connectivity index is 2.33. The normalized spacial score (nSPS) is 21.6. The van der Waals surface area contributed by atoms with Crippen molar-refractivity contribution in [1.29, 1.82) is 0 Å². The van der Waals surface area contributed by atoms with E-state index >= 15 is 0 Å². The summed E-state index contributed by atoms with van der Waals surface area (Å²) in [4.78, 5) is 2.66. The topological polar surface area (TPSA) is 66.6 Å². The van der Waals surface area contributed by atoms with Crippen molar-refractivity contribution < 1.29 is 8.42 Å². The first-order valence-corrected chi connectivity index (χ1v) is 8.96. The third-order valence-corrected chi connectivity index (χ3v) is 6.17. The summed E-state index contributed by atoms with van der Waals surface area (Å²) < 4.78 is 27.4. The minimum absolute atomic E-state index is 0.240. The van der Waals surface area contributed by atoms with Gasteiger partial charge < -0.3 is 5.73 Å². The lowest BCUT2D eigenvalue weighted by Crippen LogP contribution is -2.53. The van der Waals surface area contributed by atoms with Crippen molar-refractivity contribution in [2.24, 2.45) is 0 Å². The first-order valence-electron chi connectivity index (χ1n) is 7.52. The Morgan fingerprint density at radius 1 is 1.29 bits per heavy atom. The van der Waals surface area contributed by atoms with Gasteiger partial charge in [0, 0.05) is 31.4 Å². The average Bonchev–Trinajstić information content (AvgIpc) is 2.47. The van der Waals surface area contributed by atoms with Gasteiger partial charge in [0.25, 0.3) is 0 Å². The van der Waals surface area contributed by atoms with Crippen molar-refractivity contribution in [3.8, 4) is 0 Å². The third kappa shape index (κ3) is 3.22. The number of nitrogens with zero attached hydrogens (tertiary/aromatic N) is 2. The fraction of sp³-hybridized carbons (Fsp3) is 0.600. The molecule has 1 aromatic rings. The highest BCUT2D eigenvalue weighted by molar-refractivity contribution is 7.89. The van der Waals surface area contributed by atoms with Crippen LogP contribution in [0.15, 0.2) is 23.1 Å². The first kappa shape index (κ1) is 16.3. The Morgan fingerprint density at radius 2 is 2.00 bits per heavy atom. The van der Waals surface area contributed by atoms with Gasteiger partial charge in [0.1, 0.15) is 0 Å². The number of nitrogens with two attached hydrogens (primary N) is 1. The monoisotopic (exact) mass is 311 g/mol. The van der Waals surface area contributed by atoms with Crippen molar-refractivity contribution in [2.45, 2.75) is 38.1 Å². The number of hydrogen-bond donors (Lipinski definition) is 1. The second-order valence-electron chi connectivity index (χ2n) is 5.56. The largest absolute Gasteiger partial charge is 0.399 e. The highest BCUT2D eigenvalue weighted by Gasteiger charge is 2.32. The van der Waals surface area contributed by atoms with E-state index in [9.17, 15) is 8.42 Å². The van der Waals surface area contributed by atoms with E-state index in [-0.39, 0.29) is 6.04 Å². The fourth-order valence-corrected chi connectivity index (χ4v) is 4.73.